The second kappa shape index (κ2) is 3.75. The molecule has 0 amide bonds. The molecule has 0 saturated carbocycles. The number of carbonyl (C=O) groups excluding carboxylic acids is 1. The van der Waals surface area contributed by atoms with Gasteiger partial charge in [0.1, 0.15) is 0 Å². The van der Waals surface area contributed by atoms with E-state index in [9.17, 15) is 4.79 Å². The Labute approximate surface area is 89.7 Å². The monoisotopic (exact) mass is 286 g/mol. The molecule has 0 aliphatic rings. The molecule has 0 fully saturated rings. The van der Waals surface area contributed by atoms with Gasteiger partial charge in [-0.05, 0) is 41.6 Å². The molecule has 0 spiro atoms. The largest absolute Gasteiger partial charge is 0.398 e. The summed E-state index contributed by atoms with van der Waals surface area (Å²) >= 11 is 2.05. The molecule has 0 heterocycles. The van der Waals surface area contributed by atoms with Crippen LogP contribution in [-0.2, 0) is 0 Å². The molecule has 2 N–H and O–H groups in total. The fourth-order valence-corrected chi connectivity index (χ4v) is 1.76. The van der Waals surface area contributed by atoms with Gasteiger partial charge in [0.2, 0.25) is 0 Å². The van der Waals surface area contributed by atoms with Gasteiger partial charge in [0.25, 0.3) is 0 Å². The summed E-state index contributed by atoms with van der Waals surface area (Å²) in [5.74, 6) is -0.176. The highest BCUT2D eigenvalue weighted by molar-refractivity contribution is 14.1. The molecular weight excluding hydrogens is 279 g/mol. The molecule has 1 rings (SSSR count). The number of nitrogens with two attached hydrogens (primary N) is 1. The van der Waals surface area contributed by atoms with Crippen LogP contribution in [0.5, 0.6) is 0 Å². The lowest BCUT2D eigenvalue weighted by molar-refractivity contribution is 0.101. The van der Waals surface area contributed by atoms with Crippen LogP contribution in [0, 0.1) is 14.9 Å². The van der Waals surface area contributed by atoms with E-state index in [1.807, 2.05) is 6.07 Å². The molecule has 0 saturated heterocycles. The minimum Gasteiger partial charge on any atom is -0.398 e. The number of nitrogens with zero attached hydrogens (tertiary/aromatic N) is 1. The first kappa shape index (κ1) is 9.99. The number of anilines is 1. The van der Waals surface area contributed by atoms with Crippen molar-refractivity contribution in [3.05, 3.63) is 26.8 Å². The molecule has 0 unspecified atom stereocenters. The molecule has 1 aromatic rings. The minimum absolute atomic E-state index is 0.176. The molecule has 0 bridgehead atoms. The van der Waals surface area contributed by atoms with Crippen molar-refractivity contribution in [3.63, 3.8) is 0 Å². The Balaban J connectivity index is 3.50. The van der Waals surface area contributed by atoms with E-state index >= 15 is 0 Å². The zero-order valence-corrected chi connectivity index (χ0v) is 9.12. The molecule has 0 aromatic heterocycles. The van der Waals surface area contributed by atoms with Gasteiger partial charge >= 0.3 is 0 Å². The van der Waals surface area contributed by atoms with Gasteiger partial charge in [0.05, 0.1) is 17.2 Å². The Kier molecular flexibility index (Phi) is 2.88. The summed E-state index contributed by atoms with van der Waals surface area (Å²) in [6.07, 6.45) is 0. The Morgan fingerprint density at radius 1 is 1.62 bits per heavy atom. The highest BCUT2D eigenvalue weighted by atomic mass is 127. The van der Waals surface area contributed by atoms with Crippen LogP contribution >= 0.6 is 22.6 Å². The number of hydrogen-bond acceptors (Lipinski definition) is 3. The fraction of sp³-hybridized carbons (Fsp3) is 0.111. The number of ketones is 1. The number of Topliss-reactive ketones (excluding diaryl/α,β-unsaturated/α-hetero) is 1. The molecule has 1 aromatic carbocycles. The smallest absolute Gasteiger partial charge is 0.163 e. The van der Waals surface area contributed by atoms with Crippen molar-refractivity contribution in [2.24, 2.45) is 0 Å². The summed E-state index contributed by atoms with van der Waals surface area (Å²) in [5.41, 5.74) is 6.66. The highest BCUT2D eigenvalue weighted by Crippen LogP contribution is 2.21. The van der Waals surface area contributed by atoms with Crippen LogP contribution in [-0.4, -0.2) is 5.78 Å². The maximum atomic E-state index is 11.1. The van der Waals surface area contributed by atoms with Crippen LogP contribution < -0.4 is 5.73 Å². The van der Waals surface area contributed by atoms with Crippen molar-refractivity contribution in [2.45, 2.75) is 6.92 Å². The van der Waals surface area contributed by atoms with Gasteiger partial charge in [-0.3, -0.25) is 4.79 Å². The third kappa shape index (κ3) is 1.98. The Hall–Kier alpha value is -1.09. The van der Waals surface area contributed by atoms with E-state index in [0.717, 1.165) is 3.57 Å². The summed E-state index contributed by atoms with van der Waals surface area (Å²) in [7, 11) is 0. The van der Waals surface area contributed by atoms with E-state index < -0.39 is 0 Å². The van der Waals surface area contributed by atoms with Crippen molar-refractivity contribution in [1.82, 2.24) is 0 Å². The van der Waals surface area contributed by atoms with E-state index in [-0.39, 0.29) is 5.78 Å². The van der Waals surface area contributed by atoms with Gasteiger partial charge in [0, 0.05) is 9.26 Å². The molecule has 0 aliphatic carbocycles. The second-order valence-corrected chi connectivity index (χ2v) is 3.83. The van der Waals surface area contributed by atoms with Crippen LogP contribution in [0.25, 0.3) is 0 Å². The van der Waals surface area contributed by atoms with Gasteiger partial charge in [-0.25, -0.2) is 0 Å². The van der Waals surface area contributed by atoms with Gasteiger partial charge in [0.15, 0.2) is 5.78 Å². The molecule has 3 nitrogen and oxygen atoms in total. The van der Waals surface area contributed by atoms with Crippen molar-refractivity contribution < 1.29 is 4.79 Å². The fourth-order valence-electron chi connectivity index (χ4n) is 1.11. The molecule has 13 heavy (non-hydrogen) atoms. The topological polar surface area (TPSA) is 66.9 Å². The van der Waals surface area contributed by atoms with Gasteiger partial charge in [-0.15, -0.1) is 0 Å². The van der Waals surface area contributed by atoms with Crippen LogP contribution in [0.15, 0.2) is 12.1 Å². The molecule has 0 radical (unpaired) electrons. The van der Waals surface area contributed by atoms with E-state index in [4.69, 9.17) is 11.0 Å². The van der Waals surface area contributed by atoms with Crippen molar-refractivity contribution in [1.29, 1.82) is 5.26 Å². The average molecular weight is 286 g/mol. The van der Waals surface area contributed by atoms with Crippen molar-refractivity contribution in [3.8, 4) is 6.07 Å². The van der Waals surface area contributed by atoms with Gasteiger partial charge in [-0.1, -0.05) is 0 Å². The molecule has 66 valence electrons. The number of hydrogen-bond donors (Lipinski definition) is 1. The number of benzene rings is 1. The Bertz CT molecular complexity index is 407. The second-order valence-electron chi connectivity index (χ2n) is 2.59. The third-order valence-corrected chi connectivity index (χ3v) is 2.23. The first-order valence-corrected chi connectivity index (χ1v) is 4.64. The van der Waals surface area contributed by atoms with Crippen molar-refractivity contribution >= 4 is 34.1 Å². The van der Waals surface area contributed by atoms with Crippen LogP contribution in [0.3, 0.4) is 0 Å². The van der Waals surface area contributed by atoms with Crippen molar-refractivity contribution in [2.75, 3.05) is 5.73 Å². The third-order valence-electron chi connectivity index (χ3n) is 1.61. The van der Waals surface area contributed by atoms with Crippen LogP contribution in [0.2, 0.25) is 0 Å². The van der Waals surface area contributed by atoms with E-state index in [0.29, 0.717) is 16.8 Å². The predicted octanol–water partition coefficient (Wildman–Crippen LogP) is 1.95. The maximum Gasteiger partial charge on any atom is 0.163 e. The number of halogens is 1. The number of carbonyl (C=O) groups is 1. The first-order valence-electron chi connectivity index (χ1n) is 3.56. The standard InChI is InChI=1S/C9H7IN2O/c1-5(13)9-6(4-11)2-7(10)3-8(9)12/h2-3H,12H2,1H3. The summed E-state index contributed by atoms with van der Waals surface area (Å²) in [6.45, 7) is 1.40. The quantitative estimate of drug-likeness (QED) is 0.487. The highest BCUT2D eigenvalue weighted by Gasteiger charge is 2.11. The average Bonchev–Trinajstić information content (AvgIpc) is 2.01. The normalized spacial score (nSPS) is 9.31. The first-order chi connectivity index (χ1) is 6.06. The maximum absolute atomic E-state index is 11.1. The zero-order chi connectivity index (χ0) is 10.0. The van der Waals surface area contributed by atoms with Crippen LogP contribution in [0.1, 0.15) is 22.8 Å². The zero-order valence-electron chi connectivity index (χ0n) is 6.97. The van der Waals surface area contributed by atoms with E-state index in [1.165, 1.54) is 6.92 Å². The summed E-state index contributed by atoms with van der Waals surface area (Å²) in [5, 5.41) is 8.76. The molecule has 0 aliphatic heterocycles. The SMILES string of the molecule is CC(=O)c1c(N)cc(I)cc1C#N. The summed E-state index contributed by atoms with van der Waals surface area (Å²) in [6, 6.07) is 5.28. The van der Waals surface area contributed by atoms with Gasteiger partial charge in [-0.2, -0.15) is 5.26 Å². The lowest BCUT2D eigenvalue weighted by atomic mass is 10.0. The Morgan fingerprint density at radius 3 is 2.69 bits per heavy atom. The molecule has 4 heteroatoms. The lowest BCUT2D eigenvalue weighted by Crippen LogP contribution is -2.03. The predicted molar refractivity (Wildman–Crippen MR) is 58.3 cm³/mol. The number of nitrogen functional groups attached to an aromatic ring is 1. The minimum atomic E-state index is -0.176. The molecule has 0 atom stereocenters. The molecular formula is C9H7IN2O. The Morgan fingerprint density at radius 2 is 2.23 bits per heavy atom. The van der Waals surface area contributed by atoms with Gasteiger partial charge < -0.3 is 5.73 Å². The van der Waals surface area contributed by atoms with E-state index in [1.54, 1.807) is 12.1 Å². The summed E-state index contributed by atoms with van der Waals surface area (Å²) in [4.78, 5) is 11.1. The lowest BCUT2D eigenvalue weighted by Gasteiger charge is -2.04. The van der Waals surface area contributed by atoms with Crippen LogP contribution in [0.4, 0.5) is 5.69 Å². The number of nitriles is 1. The van der Waals surface area contributed by atoms with E-state index in [2.05, 4.69) is 22.6 Å². The number of rotatable bonds is 1. The summed E-state index contributed by atoms with van der Waals surface area (Å²) < 4.78 is 0.858.